The average molecular weight is 415 g/mol. The zero-order valence-corrected chi connectivity index (χ0v) is 17.6. The number of imide groups is 1. The molecule has 2 aromatic rings. The molecule has 1 fully saturated rings. The normalized spacial score (nSPS) is 16.5. The number of hydrogen-bond acceptors (Lipinski definition) is 4. The number of nitrogens with zero attached hydrogens (tertiary/aromatic N) is 1. The first-order valence-corrected chi connectivity index (χ1v) is 10.5. The second-order valence-corrected chi connectivity index (χ2v) is 7.76. The van der Waals surface area contributed by atoms with Crippen LogP contribution in [0.1, 0.15) is 38.7 Å². The highest BCUT2D eigenvalue weighted by Crippen LogP contribution is 2.19. The summed E-state index contributed by atoms with van der Waals surface area (Å²) < 4.78 is 5.43. The first kappa shape index (κ1) is 21.8. The number of fused-ring (bicyclic) bond motifs is 1. The molecular weight excluding hydrogens is 384 g/mol. The number of aromatic amines is 1. The van der Waals surface area contributed by atoms with Gasteiger partial charge in [-0.15, -0.1) is 0 Å². The third-order valence-corrected chi connectivity index (χ3v) is 5.14. The molecule has 30 heavy (non-hydrogen) atoms. The van der Waals surface area contributed by atoms with Crippen LogP contribution in [0.2, 0.25) is 0 Å². The van der Waals surface area contributed by atoms with Crippen LogP contribution in [0.5, 0.6) is 0 Å². The fourth-order valence-corrected chi connectivity index (χ4v) is 3.54. The summed E-state index contributed by atoms with van der Waals surface area (Å²) in [7, 11) is 0. The van der Waals surface area contributed by atoms with E-state index in [1.807, 2.05) is 44.3 Å². The van der Waals surface area contributed by atoms with Crippen molar-refractivity contribution >= 4 is 28.7 Å². The van der Waals surface area contributed by atoms with E-state index >= 15 is 0 Å². The van der Waals surface area contributed by atoms with Gasteiger partial charge in [0.1, 0.15) is 6.04 Å². The molecule has 0 radical (unpaired) electrons. The average Bonchev–Trinajstić information content (AvgIpc) is 3.25. The number of aromatic nitrogens is 1. The number of ether oxygens (including phenoxy) is 1. The van der Waals surface area contributed by atoms with Gasteiger partial charge in [-0.25, -0.2) is 4.79 Å². The Morgan fingerprint density at radius 2 is 2.07 bits per heavy atom. The third kappa shape index (κ3) is 5.60. The Morgan fingerprint density at radius 1 is 1.27 bits per heavy atom. The molecule has 8 nitrogen and oxygen atoms in total. The summed E-state index contributed by atoms with van der Waals surface area (Å²) in [6, 6.07) is 6.90. The first-order chi connectivity index (χ1) is 14.5. The van der Waals surface area contributed by atoms with Crippen LogP contribution in [-0.4, -0.2) is 59.6 Å². The van der Waals surface area contributed by atoms with Crippen LogP contribution in [-0.2, 0) is 20.7 Å². The number of carbonyl (C=O) groups excluding carboxylic acids is 3. The molecule has 0 spiro atoms. The second kappa shape index (κ2) is 10.2. The van der Waals surface area contributed by atoms with Gasteiger partial charge in [0.2, 0.25) is 5.91 Å². The van der Waals surface area contributed by atoms with Crippen molar-refractivity contribution in [3.05, 3.63) is 36.0 Å². The largest absolute Gasteiger partial charge is 0.379 e. The van der Waals surface area contributed by atoms with E-state index in [2.05, 4.69) is 15.6 Å². The van der Waals surface area contributed by atoms with Crippen molar-refractivity contribution in [2.24, 2.45) is 0 Å². The van der Waals surface area contributed by atoms with Crippen LogP contribution < -0.4 is 10.6 Å². The van der Waals surface area contributed by atoms with E-state index < -0.39 is 12.1 Å². The fraction of sp³-hybridized carbons (Fsp3) is 0.500. The predicted molar refractivity (Wildman–Crippen MR) is 114 cm³/mol. The van der Waals surface area contributed by atoms with Crippen molar-refractivity contribution < 1.29 is 19.1 Å². The van der Waals surface area contributed by atoms with Gasteiger partial charge in [0.25, 0.3) is 5.91 Å². The lowest BCUT2D eigenvalue weighted by atomic mass is 10.1. The number of carbonyl (C=O) groups is 3. The quantitative estimate of drug-likeness (QED) is 0.388. The zero-order valence-electron chi connectivity index (χ0n) is 17.6. The van der Waals surface area contributed by atoms with Crippen LogP contribution in [0.3, 0.4) is 0 Å². The summed E-state index contributed by atoms with van der Waals surface area (Å²) in [4.78, 5) is 41.3. The van der Waals surface area contributed by atoms with E-state index in [0.717, 1.165) is 22.9 Å². The van der Waals surface area contributed by atoms with Crippen molar-refractivity contribution in [1.29, 1.82) is 0 Å². The predicted octanol–water partition coefficient (Wildman–Crippen LogP) is 2.34. The number of urea groups is 1. The van der Waals surface area contributed by atoms with E-state index in [9.17, 15) is 14.4 Å². The summed E-state index contributed by atoms with van der Waals surface area (Å²) in [5.41, 5.74) is 2.10. The lowest BCUT2D eigenvalue weighted by Crippen LogP contribution is -2.34. The SMILES string of the molecule is CC(C)OCCCNC(=O)CC[C@@H]1NC(=O)N(CCc2c[nH]c3ccccc23)C1=O. The molecule has 1 aromatic heterocycles. The highest BCUT2D eigenvalue weighted by atomic mass is 16.5. The van der Waals surface area contributed by atoms with Gasteiger partial charge < -0.3 is 20.4 Å². The van der Waals surface area contributed by atoms with E-state index in [1.165, 1.54) is 4.90 Å². The number of para-hydroxylation sites is 1. The van der Waals surface area contributed by atoms with Gasteiger partial charge in [0.05, 0.1) is 6.10 Å². The lowest BCUT2D eigenvalue weighted by molar-refractivity contribution is -0.127. The van der Waals surface area contributed by atoms with Crippen LogP contribution in [0, 0.1) is 0 Å². The number of H-pyrrole nitrogens is 1. The van der Waals surface area contributed by atoms with Crippen molar-refractivity contribution in [1.82, 2.24) is 20.5 Å². The molecule has 1 aliphatic heterocycles. The third-order valence-electron chi connectivity index (χ3n) is 5.14. The maximum Gasteiger partial charge on any atom is 0.324 e. The van der Waals surface area contributed by atoms with Gasteiger partial charge in [-0.1, -0.05) is 18.2 Å². The Morgan fingerprint density at radius 3 is 2.87 bits per heavy atom. The molecule has 0 unspecified atom stereocenters. The van der Waals surface area contributed by atoms with Gasteiger partial charge in [0.15, 0.2) is 0 Å². The number of amides is 4. The number of hydrogen-bond donors (Lipinski definition) is 3. The van der Waals surface area contributed by atoms with Gasteiger partial charge >= 0.3 is 6.03 Å². The van der Waals surface area contributed by atoms with Crippen molar-refractivity contribution in [3.63, 3.8) is 0 Å². The van der Waals surface area contributed by atoms with Crippen LogP contribution in [0.15, 0.2) is 30.5 Å². The van der Waals surface area contributed by atoms with Gasteiger partial charge in [-0.2, -0.15) is 0 Å². The van der Waals surface area contributed by atoms with Gasteiger partial charge in [0, 0.05) is 43.2 Å². The molecule has 0 bridgehead atoms. The van der Waals surface area contributed by atoms with Crippen LogP contribution in [0.25, 0.3) is 10.9 Å². The highest BCUT2D eigenvalue weighted by Gasteiger charge is 2.37. The first-order valence-electron chi connectivity index (χ1n) is 10.5. The summed E-state index contributed by atoms with van der Waals surface area (Å²) >= 11 is 0. The fourth-order valence-electron chi connectivity index (χ4n) is 3.54. The molecule has 8 heteroatoms. The van der Waals surface area contributed by atoms with Gasteiger partial charge in [-0.05, 0) is 44.7 Å². The minimum Gasteiger partial charge on any atom is -0.379 e. The van der Waals surface area contributed by atoms with E-state index in [0.29, 0.717) is 32.5 Å². The highest BCUT2D eigenvalue weighted by molar-refractivity contribution is 6.04. The molecule has 0 saturated carbocycles. The Kier molecular flexibility index (Phi) is 7.46. The Balaban J connectivity index is 1.41. The summed E-state index contributed by atoms with van der Waals surface area (Å²) in [6.07, 6.45) is 3.90. The van der Waals surface area contributed by atoms with Crippen molar-refractivity contribution in [3.8, 4) is 0 Å². The van der Waals surface area contributed by atoms with Crippen LogP contribution >= 0.6 is 0 Å². The molecule has 1 atom stereocenters. The Bertz CT molecular complexity index is 892. The second-order valence-electron chi connectivity index (χ2n) is 7.76. The maximum atomic E-state index is 12.6. The molecule has 1 aliphatic rings. The molecule has 3 rings (SSSR count). The van der Waals surface area contributed by atoms with E-state index in [4.69, 9.17) is 4.74 Å². The lowest BCUT2D eigenvalue weighted by Gasteiger charge is -2.13. The minimum atomic E-state index is -0.643. The smallest absolute Gasteiger partial charge is 0.324 e. The van der Waals surface area contributed by atoms with Crippen LogP contribution in [0.4, 0.5) is 4.79 Å². The Labute approximate surface area is 176 Å². The number of nitrogens with one attached hydrogen (secondary N) is 3. The summed E-state index contributed by atoms with van der Waals surface area (Å²) in [6.45, 7) is 5.38. The molecule has 162 valence electrons. The number of benzene rings is 1. The number of rotatable bonds is 11. The standard InChI is InChI=1S/C22H30N4O4/c1-15(2)30-13-5-11-23-20(27)9-8-19-21(28)26(22(29)25-19)12-10-16-14-24-18-7-4-3-6-17(16)18/h3-4,6-7,14-15,19,24H,5,8-13H2,1-2H3,(H,23,27)(H,25,29)/t19-/m0/s1. The molecule has 3 N–H and O–H groups in total. The minimum absolute atomic E-state index is 0.126. The van der Waals surface area contributed by atoms with Crippen molar-refractivity contribution in [2.45, 2.75) is 51.7 Å². The molecule has 2 heterocycles. The topological polar surface area (TPSA) is 104 Å². The molecule has 0 aliphatic carbocycles. The summed E-state index contributed by atoms with van der Waals surface area (Å²) in [5.74, 6) is -0.392. The monoisotopic (exact) mass is 414 g/mol. The van der Waals surface area contributed by atoms with Crippen molar-refractivity contribution in [2.75, 3.05) is 19.7 Å². The molecular formula is C22H30N4O4. The zero-order chi connectivity index (χ0) is 21.5. The van der Waals surface area contributed by atoms with Gasteiger partial charge in [-0.3, -0.25) is 14.5 Å². The van der Waals surface area contributed by atoms with E-state index in [-0.39, 0.29) is 24.3 Å². The molecule has 1 aromatic carbocycles. The summed E-state index contributed by atoms with van der Waals surface area (Å²) in [5, 5.41) is 6.61. The Hall–Kier alpha value is -2.87. The molecule has 4 amide bonds. The maximum absolute atomic E-state index is 12.6. The molecule has 1 saturated heterocycles. The van der Waals surface area contributed by atoms with E-state index in [1.54, 1.807) is 0 Å².